The topological polar surface area (TPSA) is 91.4 Å². The molecule has 0 saturated heterocycles. The lowest BCUT2D eigenvalue weighted by molar-refractivity contribution is -0.145. The van der Waals surface area contributed by atoms with Crippen molar-refractivity contribution < 1.29 is 13.9 Å². The van der Waals surface area contributed by atoms with Crippen molar-refractivity contribution in [3.8, 4) is 0 Å². The van der Waals surface area contributed by atoms with Crippen molar-refractivity contribution in [2.75, 3.05) is 0 Å². The predicted octanol–water partition coefficient (Wildman–Crippen LogP) is 3.20. The van der Waals surface area contributed by atoms with Crippen molar-refractivity contribution in [2.24, 2.45) is 0 Å². The number of carbonyl (C=O) groups excluding carboxylic acids is 1. The lowest BCUT2D eigenvalue weighted by atomic mass is 10.1. The zero-order valence-corrected chi connectivity index (χ0v) is 16.5. The normalized spacial score (nSPS) is 11.1. The first-order valence-electron chi connectivity index (χ1n) is 9.71. The van der Waals surface area contributed by atoms with Gasteiger partial charge in [0.25, 0.3) is 0 Å². The van der Waals surface area contributed by atoms with Gasteiger partial charge in [-0.15, -0.1) is 0 Å². The molecule has 0 aliphatic heterocycles. The molecule has 0 fully saturated rings. The van der Waals surface area contributed by atoms with E-state index in [9.17, 15) is 14.4 Å². The van der Waals surface area contributed by atoms with Crippen LogP contribution in [0.5, 0.6) is 0 Å². The Balaban J connectivity index is 1.47. The minimum absolute atomic E-state index is 0.0231. The monoisotopic (exact) mass is 404 g/mol. The van der Waals surface area contributed by atoms with Gasteiger partial charge in [0.1, 0.15) is 12.2 Å². The van der Waals surface area contributed by atoms with Gasteiger partial charge >= 0.3 is 11.6 Å². The standard InChI is InChI=1S/C23H20N2O5/c1-2-15-7-8-17-16(12-23(28)30-21(17)11-15)14-29-22(27)9-10-25-19-6-4-3-5-18(19)20(26)13-24-25/h3-8,11-13H,2,9-10,14H2,1H3. The van der Waals surface area contributed by atoms with E-state index in [0.717, 1.165) is 17.4 Å². The van der Waals surface area contributed by atoms with E-state index < -0.39 is 11.6 Å². The first-order valence-corrected chi connectivity index (χ1v) is 9.71. The molecule has 4 rings (SSSR count). The predicted molar refractivity (Wildman–Crippen MR) is 112 cm³/mol. The Morgan fingerprint density at radius 1 is 1.10 bits per heavy atom. The molecule has 7 nitrogen and oxygen atoms in total. The smallest absolute Gasteiger partial charge is 0.336 e. The van der Waals surface area contributed by atoms with Gasteiger partial charge in [0.15, 0.2) is 0 Å². The number of aromatic nitrogens is 2. The van der Waals surface area contributed by atoms with Crippen molar-refractivity contribution in [3.63, 3.8) is 0 Å². The number of aryl methyl sites for hydroxylation is 2. The molecule has 2 aromatic carbocycles. The van der Waals surface area contributed by atoms with Gasteiger partial charge in [-0.1, -0.05) is 31.2 Å². The van der Waals surface area contributed by atoms with Gasteiger partial charge in [0.05, 0.1) is 24.7 Å². The van der Waals surface area contributed by atoms with Crippen LogP contribution in [0, 0.1) is 0 Å². The molecule has 0 saturated carbocycles. The summed E-state index contributed by atoms with van der Waals surface area (Å²) in [6, 6.07) is 14.1. The number of nitrogens with zero attached hydrogens (tertiary/aromatic N) is 2. The van der Waals surface area contributed by atoms with Gasteiger partial charge in [-0.25, -0.2) is 4.79 Å². The van der Waals surface area contributed by atoms with Crippen molar-refractivity contribution >= 4 is 27.8 Å². The summed E-state index contributed by atoms with van der Waals surface area (Å²) < 4.78 is 12.3. The molecule has 0 spiro atoms. The van der Waals surface area contributed by atoms with Crippen LogP contribution in [-0.2, 0) is 29.1 Å². The molecule has 30 heavy (non-hydrogen) atoms. The summed E-state index contributed by atoms with van der Waals surface area (Å²) in [5, 5.41) is 5.40. The largest absolute Gasteiger partial charge is 0.461 e. The first kappa shape index (κ1) is 19.6. The highest BCUT2D eigenvalue weighted by Gasteiger charge is 2.11. The van der Waals surface area contributed by atoms with Crippen LogP contribution in [0.4, 0.5) is 0 Å². The SMILES string of the molecule is CCc1ccc2c(COC(=O)CCn3ncc(=O)c4ccccc43)cc(=O)oc2c1. The number of hydrogen-bond donors (Lipinski definition) is 0. The van der Waals surface area contributed by atoms with E-state index in [-0.39, 0.29) is 25.0 Å². The summed E-state index contributed by atoms with van der Waals surface area (Å²) >= 11 is 0. The highest BCUT2D eigenvalue weighted by molar-refractivity contribution is 5.81. The van der Waals surface area contributed by atoms with Gasteiger partial charge in [0.2, 0.25) is 5.43 Å². The van der Waals surface area contributed by atoms with Crippen molar-refractivity contribution in [1.82, 2.24) is 9.78 Å². The Morgan fingerprint density at radius 3 is 2.77 bits per heavy atom. The lowest BCUT2D eigenvalue weighted by Gasteiger charge is -2.10. The molecule has 7 heteroatoms. The average Bonchev–Trinajstić information content (AvgIpc) is 2.76. The highest BCUT2D eigenvalue weighted by atomic mass is 16.5. The summed E-state index contributed by atoms with van der Waals surface area (Å²) in [5.74, 6) is -0.425. The number of carbonyl (C=O) groups is 1. The number of ether oxygens (including phenoxy) is 1. The fourth-order valence-corrected chi connectivity index (χ4v) is 3.38. The second-order valence-corrected chi connectivity index (χ2v) is 6.93. The molecule has 0 atom stereocenters. The Bertz CT molecular complexity index is 1350. The number of benzene rings is 2. The zero-order chi connectivity index (χ0) is 21.1. The molecule has 2 aromatic heterocycles. The van der Waals surface area contributed by atoms with Crippen molar-refractivity contribution in [1.29, 1.82) is 0 Å². The minimum atomic E-state index is -0.481. The van der Waals surface area contributed by atoms with Crippen LogP contribution in [-0.4, -0.2) is 15.7 Å². The molecule has 152 valence electrons. The molecule has 0 N–H and O–H groups in total. The highest BCUT2D eigenvalue weighted by Crippen LogP contribution is 2.20. The molecule has 4 aromatic rings. The van der Waals surface area contributed by atoms with E-state index >= 15 is 0 Å². The van der Waals surface area contributed by atoms with Crippen LogP contribution >= 0.6 is 0 Å². The van der Waals surface area contributed by atoms with E-state index in [2.05, 4.69) is 5.10 Å². The third kappa shape index (κ3) is 4.00. The molecule has 2 heterocycles. The fraction of sp³-hybridized carbons (Fsp3) is 0.217. The number of hydrogen-bond acceptors (Lipinski definition) is 6. The zero-order valence-electron chi connectivity index (χ0n) is 16.5. The minimum Gasteiger partial charge on any atom is -0.461 e. The summed E-state index contributed by atoms with van der Waals surface area (Å²) in [5.41, 5.74) is 2.16. The van der Waals surface area contributed by atoms with E-state index in [1.807, 2.05) is 31.2 Å². The van der Waals surface area contributed by atoms with Crippen LogP contribution < -0.4 is 11.1 Å². The van der Waals surface area contributed by atoms with Gasteiger partial charge < -0.3 is 9.15 Å². The van der Waals surface area contributed by atoms with Gasteiger partial charge in [-0.2, -0.15) is 5.10 Å². The van der Waals surface area contributed by atoms with E-state index in [1.54, 1.807) is 22.9 Å². The summed E-state index contributed by atoms with van der Waals surface area (Å²) in [7, 11) is 0. The fourth-order valence-electron chi connectivity index (χ4n) is 3.38. The van der Waals surface area contributed by atoms with Crippen LogP contribution in [0.2, 0.25) is 0 Å². The molecular weight excluding hydrogens is 384 g/mol. The Kier molecular flexibility index (Phi) is 5.43. The van der Waals surface area contributed by atoms with Gasteiger partial charge in [-0.3, -0.25) is 14.3 Å². The Hall–Kier alpha value is -3.74. The second-order valence-electron chi connectivity index (χ2n) is 6.93. The molecule has 0 aliphatic rings. The van der Waals surface area contributed by atoms with E-state index in [0.29, 0.717) is 22.0 Å². The third-order valence-corrected chi connectivity index (χ3v) is 4.98. The summed E-state index contributed by atoms with van der Waals surface area (Å²) in [4.78, 5) is 36.1. The van der Waals surface area contributed by atoms with Crippen LogP contribution in [0.15, 0.2) is 68.7 Å². The average molecular weight is 404 g/mol. The number of esters is 1. The second kappa shape index (κ2) is 8.32. The first-order chi connectivity index (χ1) is 14.5. The summed E-state index contributed by atoms with van der Waals surface area (Å²) in [6.45, 7) is 2.27. The summed E-state index contributed by atoms with van der Waals surface area (Å²) in [6.07, 6.45) is 2.15. The van der Waals surface area contributed by atoms with Crippen LogP contribution in [0.1, 0.15) is 24.5 Å². The maximum absolute atomic E-state index is 12.3. The Labute approximate surface area is 171 Å². The van der Waals surface area contributed by atoms with Crippen molar-refractivity contribution in [3.05, 3.63) is 86.5 Å². The molecule has 0 unspecified atom stereocenters. The molecule has 0 amide bonds. The Morgan fingerprint density at radius 2 is 1.93 bits per heavy atom. The number of fused-ring (bicyclic) bond motifs is 2. The van der Waals surface area contributed by atoms with Crippen LogP contribution in [0.25, 0.3) is 21.9 Å². The molecule has 0 aliphatic carbocycles. The van der Waals surface area contributed by atoms with E-state index in [1.165, 1.54) is 12.3 Å². The molecule has 0 radical (unpaired) electrons. The molecule has 0 bridgehead atoms. The lowest BCUT2D eigenvalue weighted by Crippen LogP contribution is -2.15. The maximum Gasteiger partial charge on any atom is 0.336 e. The quantitative estimate of drug-likeness (QED) is 0.362. The van der Waals surface area contributed by atoms with Crippen molar-refractivity contribution in [2.45, 2.75) is 32.9 Å². The number of para-hydroxylation sites is 1. The molecular formula is C23H20N2O5. The van der Waals surface area contributed by atoms with Gasteiger partial charge in [-0.05, 0) is 30.2 Å². The van der Waals surface area contributed by atoms with Gasteiger partial charge in [0, 0.05) is 22.4 Å². The number of rotatable bonds is 6. The maximum atomic E-state index is 12.3. The van der Waals surface area contributed by atoms with E-state index in [4.69, 9.17) is 9.15 Å². The van der Waals surface area contributed by atoms with Crippen LogP contribution in [0.3, 0.4) is 0 Å². The third-order valence-electron chi connectivity index (χ3n) is 4.98.